The molecule has 8 nitrogen and oxygen atoms in total. The fraction of sp³-hybridized carbons (Fsp3) is 0.267. The normalized spacial score (nSPS) is 20.8. The molecule has 9 heteroatoms. The number of carbonyl (C=O) groups excluding carboxylic acids is 2. The molecule has 2 aliphatic rings. The third-order valence-electron chi connectivity index (χ3n) is 7.52. The lowest BCUT2D eigenvalue weighted by atomic mass is 9.97. The van der Waals surface area contributed by atoms with Crippen LogP contribution in [0.1, 0.15) is 57.2 Å². The fourth-order valence-electron chi connectivity index (χ4n) is 5.52. The average molecular weight is 540 g/mol. The zero-order valence-corrected chi connectivity index (χ0v) is 22.1. The molecule has 0 radical (unpaired) electrons. The molecule has 2 unspecified atom stereocenters. The van der Waals surface area contributed by atoms with Crippen molar-refractivity contribution in [3.63, 3.8) is 0 Å². The Morgan fingerprint density at radius 2 is 1.95 bits per heavy atom. The Hall–Kier alpha value is -3.95. The summed E-state index contributed by atoms with van der Waals surface area (Å²) in [5.74, 6) is 1.89. The number of thioether (sulfide) groups is 1. The lowest BCUT2D eigenvalue weighted by Crippen LogP contribution is -2.46. The van der Waals surface area contributed by atoms with Crippen LogP contribution in [0.5, 0.6) is 0 Å². The number of H-pyrrole nitrogens is 1. The van der Waals surface area contributed by atoms with Crippen molar-refractivity contribution in [3.05, 3.63) is 114 Å². The number of hydrogen-bond acceptors (Lipinski definition) is 6. The summed E-state index contributed by atoms with van der Waals surface area (Å²) < 4.78 is 0. The van der Waals surface area contributed by atoms with Gasteiger partial charge in [-0.15, -0.1) is 0 Å². The highest BCUT2D eigenvalue weighted by atomic mass is 32.2. The first-order valence-electron chi connectivity index (χ1n) is 13.1. The number of nitrogens with one attached hydrogen (secondary N) is 2. The van der Waals surface area contributed by atoms with E-state index >= 15 is 0 Å². The van der Waals surface area contributed by atoms with Gasteiger partial charge in [-0.2, -0.15) is 11.8 Å². The van der Waals surface area contributed by atoms with E-state index in [1.807, 2.05) is 60.3 Å². The van der Waals surface area contributed by atoms with Gasteiger partial charge in [0, 0.05) is 42.0 Å². The molecule has 0 saturated carbocycles. The van der Waals surface area contributed by atoms with E-state index in [1.54, 1.807) is 24.5 Å². The van der Waals surface area contributed by atoms with Gasteiger partial charge in [0.25, 0.3) is 5.91 Å². The lowest BCUT2D eigenvalue weighted by Gasteiger charge is -2.32. The standard InChI is InChI=1S/C30H29N5O3S/c36-26-14-20-4-1-2-6-24(20)27(26)34-29(37)28(21-5-3-12-31-15-21)35(30(38)25-16-32-18-33-25)23-9-7-19(8-10-23)22-11-13-39-17-22/h1-10,12,15-16,18,22,26-28,36H,11,13-14,17H2,(H,32,33)(H,34,37)/t22?,26-,27+,28?/m0/s1. The van der Waals surface area contributed by atoms with E-state index in [2.05, 4.69) is 20.3 Å². The van der Waals surface area contributed by atoms with Gasteiger partial charge >= 0.3 is 0 Å². The van der Waals surface area contributed by atoms with Crippen molar-refractivity contribution in [1.82, 2.24) is 20.3 Å². The Labute approximate surface area is 230 Å². The molecule has 1 aliphatic carbocycles. The second kappa shape index (κ2) is 11.0. The molecule has 1 aliphatic heterocycles. The van der Waals surface area contributed by atoms with E-state index in [0.717, 1.165) is 29.1 Å². The van der Waals surface area contributed by atoms with Crippen LogP contribution in [-0.2, 0) is 11.2 Å². The van der Waals surface area contributed by atoms with Gasteiger partial charge in [-0.25, -0.2) is 4.98 Å². The van der Waals surface area contributed by atoms with Crippen molar-refractivity contribution in [2.75, 3.05) is 16.4 Å². The number of aliphatic hydroxyl groups is 1. The van der Waals surface area contributed by atoms with Crippen molar-refractivity contribution in [3.8, 4) is 0 Å². The number of nitrogens with zero attached hydrogens (tertiary/aromatic N) is 3. The van der Waals surface area contributed by atoms with Gasteiger partial charge in [0.1, 0.15) is 11.7 Å². The van der Waals surface area contributed by atoms with Gasteiger partial charge < -0.3 is 15.4 Å². The number of benzene rings is 2. The van der Waals surface area contributed by atoms with Crippen LogP contribution in [0.25, 0.3) is 0 Å². The summed E-state index contributed by atoms with van der Waals surface area (Å²) in [4.78, 5) is 40.8. The van der Waals surface area contributed by atoms with Crippen LogP contribution in [0.4, 0.5) is 5.69 Å². The van der Waals surface area contributed by atoms with Gasteiger partial charge in [0.2, 0.25) is 5.91 Å². The van der Waals surface area contributed by atoms with Crippen molar-refractivity contribution >= 4 is 29.3 Å². The molecule has 2 amide bonds. The number of aromatic amines is 1. The van der Waals surface area contributed by atoms with E-state index in [4.69, 9.17) is 0 Å². The quantitative estimate of drug-likeness (QED) is 0.325. The Morgan fingerprint density at radius 1 is 1.10 bits per heavy atom. The summed E-state index contributed by atoms with van der Waals surface area (Å²) in [5, 5.41) is 13.9. The third kappa shape index (κ3) is 5.07. The molecule has 39 heavy (non-hydrogen) atoms. The van der Waals surface area contributed by atoms with E-state index in [0.29, 0.717) is 23.6 Å². The van der Waals surface area contributed by atoms with Gasteiger partial charge in [-0.3, -0.25) is 19.5 Å². The Morgan fingerprint density at radius 3 is 2.67 bits per heavy atom. The molecule has 6 rings (SSSR count). The second-order valence-corrected chi connectivity index (χ2v) is 11.1. The van der Waals surface area contributed by atoms with E-state index in [9.17, 15) is 14.7 Å². The van der Waals surface area contributed by atoms with Crippen LogP contribution >= 0.6 is 11.8 Å². The first-order chi connectivity index (χ1) is 19.1. The zero-order chi connectivity index (χ0) is 26.8. The van der Waals surface area contributed by atoms with Crippen molar-refractivity contribution < 1.29 is 14.7 Å². The van der Waals surface area contributed by atoms with E-state index in [-0.39, 0.29) is 5.69 Å². The predicted octanol–water partition coefficient (Wildman–Crippen LogP) is 4.19. The van der Waals surface area contributed by atoms with E-state index in [1.165, 1.54) is 23.0 Å². The molecule has 0 bridgehead atoms. The molecule has 4 aromatic rings. The number of fused-ring (bicyclic) bond motifs is 1. The molecule has 2 aromatic heterocycles. The number of anilines is 1. The number of aliphatic hydroxyl groups excluding tert-OH is 1. The monoisotopic (exact) mass is 539 g/mol. The molecule has 3 heterocycles. The topological polar surface area (TPSA) is 111 Å². The van der Waals surface area contributed by atoms with Gasteiger partial charge in [0.05, 0.1) is 18.5 Å². The summed E-state index contributed by atoms with van der Waals surface area (Å²) in [6.07, 6.45) is 7.01. The minimum Gasteiger partial charge on any atom is -0.390 e. The largest absolute Gasteiger partial charge is 0.390 e. The predicted molar refractivity (Wildman–Crippen MR) is 151 cm³/mol. The first-order valence-corrected chi connectivity index (χ1v) is 14.2. The first kappa shape index (κ1) is 25.3. The van der Waals surface area contributed by atoms with Crippen LogP contribution in [-0.4, -0.2) is 49.5 Å². The fourth-order valence-corrected chi connectivity index (χ4v) is 6.79. The smallest absolute Gasteiger partial charge is 0.279 e. The molecular formula is C30H29N5O3S. The van der Waals surface area contributed by atoms with Crippen molar-refractivity contribution in [2.45, 2.75) is 36.9 Å². The number of imidazole rings is 1. The number of aromatic nitrogens is 3. The Bertz CT molecular complexity index is 1440. The number of pyridine rings is 1. The maximum atomic E-state index is 14.1. The minimum absolute atomic E-state index is 0.194. The summed E-state index contributed by atoms with van der Waals surface area (Å²) in [7, 11) is 0. The highest BCUT2D eigenvalue weighted by Crippen LogP contribution is 2.36. The summed E-state index contributed by atoms with van der Waals surface area (Å²) in [6.45, 7) is 0. The highest BCUT2D eigenvalue weighted by Gasteiger charge is 2.38. The molecule has 198 valence electrons. The number of hydrogen-bond donors (Lipinski definition) is 3. The summed E-state index contributed by atoms with van der Waals surface area (Å²) >= 11 is 1.95. The molecular weight excluding hydrogens is 510 g/mol. The van der Waals surface area contributed by atoms with Gasteiger partial charge in [-0.05, 0) is 53.0 Å². The molecule has 3 N–H and O–H groups in total. The van der Waals surface area contributed by atoms with Crippen LogP contribution in [0.2, 0.25) is 0 Å². The maximum absolute atomic E-state index is 14.1. The number of rotatable bonds is 7. The molecule has 2 aromatic carbocycles. The van der Waals surface area contributed by atoms with Gasteiger partial charge in [0.15, 0.2) is 0 Å². The molecule has 0 spiro atoms. The van der Waals surface area contributed by atoms with Crippen LogP contribution < -0.4 is 10.2 Å². The summed E-state index contributed by atoms with van der Waals surface area (Å²) in [5.41, 5.74) is 4.43. The van der Waals surface area contributed by atoms with Crippen LogP contribution in [0.15, 0.2) is 85.6 Å². The molecule has 1 fully saturated rings. The lowest BCUT2D eigenvalue weighted by molar-refractivity contribution is -0.124. The Kier molecular flexibility index (Phi) is 7.17. The average Bonchev–Trinajstić information content (AvgIpc) is 3.75. The molecule has 4 atom stereocenters. The number of amides is 2. The van der Waals surface area contributed by atoms with E-state index < -0.39 is 30.0 Å². The van der Waals surface area contributed by atoms with Crippen LogP contribution in [0.3, 0.4) is 0 Å². The SMILES string of the molecule is O=C(N[C@@H]1c2ccccc2C[C@@H]1O)C(c1cccnc1)N(C(=O)c1c[nH]cn1)c1ccc(C2CCSC2)cc1. The maximum Gasteiger partial charge on any atom is 0.279 e. The second-order valence-electron chi connectivity index (χ2n) is 9.93. The highest BCUT2D eigenvalue weighted by molar-refractivity contribution is 7.99. The van der Waals surface area contributed by atoms with Crippen molar-refractivity contribution in [1.29, 1.82) is 0 Å². The van der Waals surface area contributed by atoms with Crippen LogP contribution in [0, 0.1) is 0 Å². The summed E-state index contributed by atoms with van der Waals surface area (Å²) in [6, 6.07) is 17.5. The number of carbonyl (C=O) groups is 2. The van der Waals surface area contributed by atoms with Gasteiger partial charge in [-0.1, -0.05) is 42.5 Å². The minimum atomic E-state index is -1.05. The zero-order valence-electron chi connectivity index (χ0n) is 21.2. The van der Waals surface area contributed by atoms with Crippen molar-refractivity contribution in [2.24, 2.45) is 0 Å². The molecule has 1 saturated heterocycles. The Balaban J connectivity index is 1.40. The third-order valence-corrected chi connectivity index (χ3v) is 8.68.